The van der Waals surface area contributed by atoms with Crippen molar-refractivity contribution in [3.05, 3.63) is 42.5 Å². The molecule has 0 amide bonds. The second kappa shape index (κ2) is 7.25. The van der Waals surface area contributed by atoms with Crippen molar-refractivity contribution >= 4 is 15.8 Å². The topological polar surface area (TPSA) is 94.9 Å². The highest BCUT2D eigenvalue weighted by molar-refractivity contribution is 7.92. The van der Waals surface area contributed by atoms with Gasteiger partial charge in [0.1, 0.15) is 5.37 Å². The summed E-state index contributed by atoms with van der Waals surface area (Å²) in [6.07, 6.45) is 3.04. The largest absolute Gasteiger partial charge is 0.478 e. The second-order valence-electron chi connectivity index (χ2n) is 5.69. The molecule has 1 fully saturated rings. The lowest BCUT2D eigenvalue weighted by atomic mass is 9.99. The van der Waals surface area contributed by atoms with Crippen LogP contribution in [-0.4, -0.2) is 54.6 Å². The molecule has 7 heteroatoms. The predicted octanol–water partition coefficient (Wildman–Crippen LogP) is 1.37. The molecule has 2 atom stereocenters. The highest BCUT2D eigenvalue weighted by Gasteiger charge is 2.33. The molecule has 2 rings (SSSR count). The molecule has 1 aromatic carbocycles. The van der Waals surface area contributed by atoms with E-state index in [1.165, 1.54) is 30.3 Å². The molecule has 6 nitrogen and oxygen atoms in total. The molecule has 2 unspecified atom stereocenters. The van der Waals surface area contributed by atoms with Crippen LogP contribution in [0.15, 0.2) is 41.8 Å². The number of rotatable bonds is 6. The summed E-state index contributed by atoms with van der Waals surface area (Å²) in [5.41, 5.74) is -0.0687. The van der Waals surface area contributed by atoms with Crippen LogP contribution >= 0.6 is 0 Å². The number of aromatic carboxylic acids is 1. The fourth-order valence-corrected chi connectivity index (χ4v) is 4.57. The van der Waals surface area contributed by atoms with E-state index in [2.05, 4.69) is 6.58 Å². The Bertz CT molecular complexity index is 685. The average molecular weight is 339 g/mol. The van der Waals surface area contributed by atoms with E-state index in [9.17, 15) is 18.3 Å². The van der Waals surface area contributed by atoms with Crippen molar-refractivity contribution in [2.45, 2.75) is 23.1 Å². The molecule has 0 bridgehead atoms. The van der Waals surface area contributed by atoms with Gasteiger partial charge in [-0.3, -0.25) is 4.90 Å². The fraction of sp³-hybridized carbons (Fsp3) is 0.438. The van der Waals surface area contributed by atoms with E-state index < -0.39 is 21.2 Å². The smallest absolute Gasteiger partial charge is 0.335 e. The molecule has 23 heavy (non-hydrogen) atoms. The lowest BCUT2D eigenvalue weighted by molar-refractivity contribution is 0.0696. The zero-order valence-electron chi connectivity index (χ0n) is 12.8. The first-order chi connectivity index (χ1) is 10.9. The van der Waals surface area contributed by atoms with Crippen LogP contribution in [-0.2, 0) is 9.84 Å². The van der Waals surface area contributed by atoms with Crippen molar-refractivity contribution in [2.75, 3.05) is 19.7 Å². The quantitative estimate of drug-likeness (QED) is 0.760. The standard InChI is InChI=1S/C16H21NO5S/c1-2-15(17-8-4-5-12(10-17)11-18)23(21,22)14-7-3-6-13(9-14)16(19)20/h2-3,6-7,9,12,15,18H,1,4-5,8,10-11H2,(H,19,20). The highest BCUT2D eigenvalue weighted by Crippen LogP contribution is 2.25. The number of aliphatic hydroxyl groups is 1. The van der Waals surface area contributed by atoms with E-state index in [1.807, 2.05) is 0 Å². The third kappa shape index (κ3) is 3.80. The highest BCUT2D eigenvalue weighted by atomic mass is 32.2. The summed E-state index contributed by atoms with van der Waals surface area (Å²) in [5.74, 6) is -1.12. The van der Waals surface area contributed by atoms with Gasteiger partial charge < -0.3 is 10.2 Å². The first-order valence-corrected chi connectivity index (χ1v) is 8.99. The van der Waals surface area contributed by atoms with Crippen molar-refractivity contribution in [3.8, 4) is 0 Å². The zero-order valence-corrected chi connectivity index (χ0v) is 13.6. The summed E-state index contributed by atoms with van der Waals surface area (Å²) < 4.78 is 25.7. The molecule has 0 aromatic heterocycles. The molecule has 1 aliphatic heterocycles. The van der Waals surface area contributed by atoms with Crippen LogP contribution in [0.5, 0.6) is 0 Å². The van der Waals surface area contributed by atoms with E-state index in [0.717, 1.165) is 12.8 Å². The number of likely N-dealkylation sites (tertiary alicyclic amines) is 1. The van der Waals surface area contributed by atoms with Crippen molar-refractivity contribution < 1.29 is 23.4 Å². The van der Waals surface area contributed by atoms with Crippen molar-refractivity contribution in [1.29, 1.82) is 0 Å². The van der Waals surface area contributed by atoms with E-state index in [4.69, 9.17) is 5.11 Å². The number of aliphatic hydroxyl groups excluding tert-OH is 1. The summed E-state index contributed by atoms with van der Waals surface area (Å²) in [6, 6.07) is 5.34. The minimum absolute atomic E-state index is 0.0227. The van der Waals surface area contributed by atoms with Gasteiger partial charge in [0, 0.05) is 13.2 Å². The van der Waals surface area contributed by atoms with Gasteiger partial charge in [0.2, 0.25) is 0 Å². The van der Waals surface area contributed by atoms with Gasteiger partial charge in [-0.15, -0.1) is 6.58 Å². The van der Waals surface area contributed by atoms with Crippen LogP contribution in [0, 0.1) is 5.92 Å². The van der Waals surface area contributed by atoms with E-state index in [-0.39, 0.29) is 23.0 Å². The number of carbonyl (C=O) groups is 1. The SMILES string of the molecule is C=CC(N1CCCC(CO)C1)S(=O)(=O)c1cccc(C(=O)O)c1. The summed E-state index contributed by atoms with van der Waals surface area (Å²) >= 11 is 0. The number of carboxylic acids is 1. The molecule has 1 saturated heterocycles. The second-order valence-corrected chi connectivity index (χ2v) is 7.73. The first kappa shape index (κ1) is 17.7. The third-order valence-corrected chi connectivity index (χ3v) is 6.14. The van der Waals surface area contributed by atoms with Gasteiger partial charge in [0.05, 0.1) is 10.5 Å². The van der Waals surface area contributed by atoms with Crippen LogP contribution in [0.3, 0.4) is 0 Å². The fourth-order valence-electron chi connectivity index (χ4n) is 2.89. The van der Waals surface area contributed by atoms with Gasteiger partial charge in [0.25, 0.3) is 0 Å². The van der Waals surface area contributed by atoms with Gasteiger partial charge in [-0.2, -0.15) is 0 Å². The number of benzene rings is 1. The molecule has 126 valence electrons. The molecule has 0 saturated carbocycles. The van der Waals surface area contributed by atoms with Gasteiger partial charge >= 0.3 is 5.97 Å². The monoisotopic (exact) mass is 339 g/mol. The summed E-state index contributed by atoms with van der Waals surface area (Å²) in [4.78, 5) is 12.8. The molecule has 1 heterocycles. The van der Waals surface area contributed by atoms with Crippen molar-refractivity contribution in [1.82, 2.24) is 4.90 Å². The number of hydrogen-bond acceptors (Lipinski definition) is 5. The maximum absolute atomic E-state index is 12.9. The van der Waals surface area contributed by atoms with Crippen LogP contribution < -0.4 is 0 Å². The van der Waals surface area contributed by atoms with Crippen molar-refractivity contribution in [2.24, 2.45) is 5.92 Å². The Balaban J connectivity index is 2.33. The molecular formula is C16H21NO5S. The van der Waals surface area contributed by atoms with E-state index >= 15 is 0 Å². The Labute approximate surface area is 136 Å². The molecular weight excluding hydrogens is 318 g/mol. The average Bonchev–Trinajstić information content (AvgIpc) is 2.55. The maximum atomic E-state index is 12.9. The lowest BCUT2D eigenvalue weighted by Crippen LogP contribution is -2.46. The van der Waals surface area contributed by atoms with Gasteiger partial charge in [0.15, 0.2) is 9.84 Å². The molecule has 0 radical (unpaired) electrons. The number of piperidine rings is 1. The first-order valence-electron chi connectivity index (χ1n) is 7.45. The van der Waals surface area contributed by atoms with Crippen LogP contribution in [0.1, 0.15) is 23.2 Å². The Hall–Kier alpha value is -1.70. The minimum atomic E-state index is -3.78. The molecule has 1 aliphatic rings. The summed E-state index contributed by atoms with van der Waals surface area (Å²) in [5, 5.41) is 17.4. The number of nitrogens with zero attached hydrogens (tertiary/aromatic N) is 1. The van der Waals surface area contributed by atoms with E-state index in [1.54, 1.807) is 4.90 Å². The van der Waals surface area contributed by atoms with Gasteiger partial charge in [-0.05, 0) is 43.5 Å². The Morgan fingerprint density at radius 1 is 1.48 bits per heavy atom. The third-order valence-electron chi connectivity index (χ3n) is 4.10. The van der Waals surface area contributed by atoms with Gasteiger partial charge in [-0.1, -0.05) is 12.1 Å². The van der Waals surface area contributed by atoms with E-state index in [0.29, 0.717) is 13.1 Å². The number of hydrogen-bond donors (Lipinski definition) is 2. The number of sulfone groups is 1. The Morgan fingerprint density at radius 2 is 2.22 bits per heavy atom. The predicted molar refractivity (Wildman–Crippen MR) is 86.0 cm³/mol. The lowest BCUT2D eigenvalue weighted by Gasteiger charge is -2.36. The molecule has 2 N–H and O–H groups in total. The maximum Gasteiger partial charge on any atom is 0.335 e. The molecule has 1 aromatic rings. The van der Waals surface area contributed by atoms with Crippen LogP contribution in [0.25, 0.3) is 0 Å². The normalized spacial score (nSPS) is 20.8. The minimum Gasteiger partial charge on any atom is -0.478 e. The Morgan fingerprint density at radius 3 is 2.83 bits per heavy atom. The molecule has 0 aliphatic carbocycles. The summed E-state index contributed by atoms with van der Waals surface area (Å²) in [7, 11) is -3.78. The zero-order chi connectivity index (χ0) is 17.0. The van der Waals surface area contributed by atoms with Crippen LogP contribution in [0.2, 0.25) is 0 Å². The van der Waals surface area contributed by atoms with Crippen LogP contribution in [0.4, 0.5) is 0 Å². The number of carboxylic acid groups (broad SMARTS) is 1. The molecule has 0 spiro atoms. The summed E-state index contributed by atoms with van der Waals surface area (Å²) in [6.45, 7) is 4.74. The van der Waals surface area contributed by atoms with Crippen molar-refractivity contribution in [3.63, 3.8) is 0 Å². The Kier molecular flexibility index (Phi) is 5.56. The van der Waals surface area contributed by atoms with Gasteiger partial charge in [-0.25, -0.2) is 13.2 Å².